The molecule has 0 aliphatic carbocycles. The highest BCUT2D eigenvalue weighted by Gasteiger charge is 2.55. The number of likely N-dealkylation sites (tertiary alicyclic amines) is 1. The highest BCUT2D eigenvalue weighted by molar-refractivity contribution is 6.03. The Morgan fingerprint density at radius 3 is 2.64 bits per heavy atom. The SMILES string of the molecule is O=C(Nc1ccccc1F)N1C[C@@H]2[C@H](c3ccccc31)[C@H](CO)N2C(=O)Cc1cccnc1. The molecule has 1 fully saturated rings. The first-order valence-electron chi connectivity index (χ1n) is 10.8. The standard InChI is InChI=1S/C25H23FN4O3/c26-18-8-2-3-9-19(18)28-25(33)29-14-21-24(17-7-1-4-10-20(17)29)22(15-31)30(21)23(32)12-16-6-5-11-27-13-16/h1-11,13,21-22,24,31H,12,14-15H2,(H,28,33)/t21-,22+,24+/m1/s1. The summed E-state index contributed by atoms with van der Waals surface area (Å²) in [5.41, 5.74) is 2.47. The number of hydrogen-bond donors (Lipinski definition) is 2. The Morgan fingerprint density at radius 1 is 1.09 bits per heavy atom. The van der Waals surface area contributed by atoms with Crippen LogP contribution in [-0.4, -0.2) is 52.2 Å². The van der Waals surface area contributed by atoms with E-state index in [0.717, 1.165) is 11.1 Å². The Bertz CT molecular complexity index is 1190. The van der Waals surface area contributed by atoms with Crippen molar-refractivity contribution < 1.29 is 19.1 Å². The van der Waals surface area contributed by atoms with Gasteiger partial charge in [0, 0.05) is 30.5 Å². The van der Waals surface area contributed by atoms with E-state index in [2.05, 4.69) is 10.3 Å². The van der Waals surface area contributed by atoms with Crippen LogP contribution in [0, 0.1) is 5.82 Å². The van der Waals surface area contributed by atoms with Crippen molar-refractivity contribution in [1.29, 1.82) is 0 Å². The molecule has 5 rings (SSSR count). The Balaban J connectivity index is 1.43. The van der Waals surface area contributed by atoms with E-state index in [1.54, 1.807) is 40.4 Å². The van der Waals surface area contributed by atoms with Gasteiger partial charge in [0.05, 0.1) is 30.8 Å². The minimum atomic E-state index is -0.522. The fraction of sp³-hybridized carbons (Fsp3) is 0.240. The minimum absolute atomic E-state index is 0.0819. The molecule has 0 bridgehead atoms. The summed E-state index contributed by atoms with van der Waals surface area (Å²) in [5.74, 6) is -0.731. The van der Waals surface area contributed by atoms with Crippen molar-refractivity contribution in [3.63, 3.8) is 0 Å². The summed E-state index contributed by atoms with van der Waals surface area (Å²) < 4.78 is 14.1. The van der Waals surface area contributed by atoms with Crippen LogP contribution in [0.15, 0.2) is 73.1 Å². The van der Waals surface area contributed by atoms with Gasteiger partial charge in [-0.05, 0) is 35.4 Å². The van der Waals surface area contributed by atoms with E-state index in [4.69, 9.17) is 0 Å². The number of aliphatic hydroxyl groups excluding tert-OH is 1. The maximum absolute atomic E-state index is 14.1. The van der Waals surface area contributed by atoms with E-state index >= 15 is 0 Å². The molecular weight excluding hydrogens is 423 g/mol. The molecule has 0 spiro atoms. The topological polar surface area (TPSA) is 85.8 Å². The Hall–Kier alpha value is -3.78. The van der Waals surface area contributed by atoms with Gasteiger partial charge in [-0.15, -0.1) is 0 Å². The third-order valence-electron chi connectivity index (χ3n) is 6.41. The van der Waals surface area contributed by atoms with E-state index in [0.29, 0.717) is 5.69 Å². The number of urea groups is 1. The normalized spacial score (nSPS) is 21.0. The van der Waals surface area contributed by atoms with E-state index in [1.165, 1.54) is 12.1 Å². The second kappa shape index (κ2) is 8.63. The van der Waals surface area contributed by atoms with Crippen molar-refractivity contribution in [3.05, 3.63) is 90.0 Å². The molecule has 2 aliphatic rings. The van der Waals surface area contributed by atoms with Crippen molar-refractivity contribution in [2.75, 3.05) is 23.4 Å². The Morgan fingerprint density at radius 2 is 1.88 bits per heavy atom. The number of carbonyl (C=O) groups excluding carboxylic acids is 2. The van der Waals surface area contributed by atoms with Crippen LogP contribution in [0.3, 0.4) is 0 Å². The summed E-state index contributed by atoms with van der Waals surface area (Å²) >= 11 is 0. The van der Waals surface area contributed by atoms with Crippen molar-refractivity contribution >= 4 is 23.3 Å². The van der Waals surface area contributed by atoms with Gasteiger partial charge in [-0.3, -0.25) is 14.7 Å². The number of benzene rings is 2. The smallest absolute Gasteiger partial charge is 0.326 e. The quantitative estimate of drug-likeness (QED) is 0.645. The molecule has 0 unspecified atom stereocenters. The molecule has 3 heterocycles. The molecule has 0 saturated carbocycles. The van der Waals surface area contributed by atoms with Crippen LogP contribution in [0.25, 0.3) is 0 Å². The number of halogens is 1. The summed E-state index contributed by atoms with van der Waals surface area (Å²) in [7, 11) is 0. The van der Waals surface area contributed by atoms with Crippen molar-refractivity contribution in [2.24, 2.45) is 0 Å². The van der Waals surface area contributed by atoms with Crippen molar-refractivity contribution in [2.45, 2.75) is 24.4 Å². The Labute approximate surface area is 190 Å². The average Bonchev–Trinajstić information content (AvgIpc) is 2.81. The number of aromatic nitrogens is 1. The second-order valence-corrected chi connectivity index (χ2v) is 8.26. The first kappa shape index (κ1) is 21.1. The van der Waals surface area contributed by atoms with Gasteiger partial charge in [0.15, 0.2) is 0 Å². The summed E-state index contributed by atoms with van der Waals surface area (Å²) in [4.78, 5) is 33.6. The first-order valence-corrected chi connectivity index (χ1v) is 10.8. The molecule has 2 aromatic carbocycles. The van der Waals surface area contributed by atoms with Gasteiger partial charge in [-0.1, -0.05) is 36.4 Å². The highest BCUT2D eigenvalue weighted by atomic mass is 19.1. The van der Waals surface area contributed by atoms with Gasteiger partial charge in [0.1, 0.15) is 5.82 Å². The number of nitrogens with one attached hydrogen (secondary N) is 1. The molecule has 0 radical (unpaired) electrons. The van der Waals surface area contributed by atoms with E-state index < -0.39 is 11.8 Å². The van der Waals surface area contributed by atoms with Gasteiger partial charge >= 0.3 is 6.03 Å². The molecule has 33 heavy (non-hydrogen) atoms. The molecule has 1 saturated heterocycles. The molecule has 7 nitrogen and oxygen atoms in total. The van der Waals surface area contributed by atoms with Gasteiger partial charge in [0.2, 0.25) is 5.91 Å². The van der Waals surface area contributed by atoms with Crippen LogP contribution in [-0.2, 0) is 11.2 Å². The predicted octanol–water partition coefficient (Wildman–Crippen LogP) is 3.17. The number of aliphatic hydroxyl groups is 1. The van der Waals surface area contributed by atoms with Crippen LogP contribution >= 0.6 is 0 Å². The largest absolute Gasteiger partial charge is 0.394 e. The molecule has 3 aromatic rings. The highest BCUT2D eigenvalue weighted by Crippen LogP contribution is 2.48. The summed E-state index contributed by atoms with van der Waals surface area (Å²) in [6.45, 7) is 0.0763. The molecule has 1 aromatic heterocycles. The third kappa shape index (κ3) is 3.72. The van der Waals surface area contributed by atoms with Gasteiger partial charge in [-0.2, -0.15) is 0 Å². The van der Waals surface area contributed by atoms with Crippen molar-refractivity contribution in [3.8, 4) is 0 Å². The first-order chi connectivity index (χ1) is 16.1. The number of amides is 3. The maximum Gasteiger partial charge on any atom is 0.326 e. The molecule has 3 amide bonds. The number of hydrogen-bond acceptors (Lipinski definition) is 4. The summed E-state index contributed by atoms with van der Waals surface area (Å²) in [5, 5.41) is 12.7. The lowest BCUT2D eigenvalue weighted by Gasteiger charge is -2.58. The number of nitrogens with zero attached hydrogens (tertiary/aromatic N) is 3. The van der Waals surface area contributed by atoms with Crippen molar-refractivity contribution in [1.82, 2.24) is 9.88 Å². The molecule has 168 valence electrons. The van der Waals surface area contributed by atoms with Crippen LogP contribution < -0.4 is 10.2 Å². The number of anilines is 2. The lowest BCUT2D eigenvalue weighted by molar-refractivity contribution is -0.149. The number of carbonyl (C=O) groups is 2. The number of pyridine rings is 1. The molecular formula is C25H23FN4O3. The zero-order valence-corrected chi connectivity index (χ0v) is 17.8. The fourth-order valence-electron chi connectivity index (χ4n) is 4.94. The fourth-order valence-corrected chi connectivity index (χ4v) is 4.94. The van der Waals surface area contributed by atoms with Crippen LogP contribution in [0.2, 0.25) is 0 Å². The van der Waals surface area contributed by atoms with Gasteiger partial charge in [0.25, 0.3) is 0 Å². The summed E-state index contributed by atoms with van der Waals surface area (Å²) in [6.07, 6.45) is 3.46. The average molecular weight is 446 g/mol. The minimum Gasteiger partial charge on any atom is -0.394 e. The predicted molar refractivity (Wildman–Crippen MR) is 121 cm³/mol. The number of rotatable bonds is 4. The van der Waals surface area contributed by atoms with Crippen LogP contribution in [0.1, 0.15) is 17.0 Å². The number of para-hydroxylation sites is 2. The third-order valence-corrected chi connectivity index (χ3v) is 6.41. The Kier molecular flexibility index (Phi) is 5.51. The number of fused-ring (bicyclic) bond motifs is 3. The van der Waals surface area contributed by atoms with Crippen LogP contribution in [0.5, 0.6) is 0 Å². The van der Waals surface area contributed by atoms with Gasteiger partial charge < -0.3 is 15.3 Å². The lowest BCUT2D eigenvalue weighted by atomic mass is 9.71. The van der Waals surface area contributed by atoms with E-state index in [1.807, 2.05) is 30.3 Å². The molecule has 3 atom stereocenters. The lowest BCUT2D eigenvalue weighted by Crippen LogP contribution is -2.71. The molecule has 8 heteroatoms. The van der Waals surface area contributed by atoms with E-state index in [-0.39, 0.29) is 49.2 Å². The second-order valence-electron chi connectivity index (χ2n) is 8.26. The van der Waals surface area contributed by atoms with E-state index in [9.17, 15) is 19.1 Å². The summed E-state index contributed by atoms with van der Waals surface area (Å²) in [6, 6.07) is 15.9. The van der Waals surface area contributed by atoms with Crippen LogP contribution in [0.4, 0.5) is 20.6 Å². The molecule has 2 aliphatic heterocycles. The molecule has 2 N–H and O–H groups in total. The maximum atomic E-state index is 14.1. The monoisotopic (exact) mass is 446 g/mol. The van der Waals surface area contributed by atoms with Gasteiger partial charge in [-0.25, -0.2) is 9.18 Å². The zero-order chi connectivity index (χ0) is 22.9. The zero-order valence-electron chi connectivity index (χ0n) is 17.8.